The molecule has 2 N–H and O–H groups in total. The fourth-order valence-corrected chi connectivity index (χ4v) is 2.66. The van der Waals surface area contributed by atoms with E-state index in [1.807, 2.05) is 30.3 Å². The van der Waals surface area contributed by atoms with Crippen LogP contribution in [-0.4, -0.2) is 16.6 Å². The molecule has 6 nitrogen and oxygen atoms in total. The molecule has 1 unspecified atom stereocenters. The van der Waals surface area contributed by atoms with E-state index in [2.05, 4.69) is 5.32 Å². The molecular formula is C19H18N2O4. The maximum atomic E-state index is 11.1. The second-order valence-electron chi connectivity index (χ2n) is 5.57. The monoisotopic (exact) mass is 338 g/mol. The van der Waals surface area contributed by atoms with Crippen LogP contribution in [0.4, 0.5) is 5.69 Å². The first kappa shape index (κ1) is 16.9. The molecule has 0 aliphatic rings. The van der Waals surface area contributed by atoms with E-state index in [1.165, 1.54) is 6.07 Å². The summed E-state index contributed by atoms with van der Waals surface area (Å²) in [5, 5.41) is 23.9. The fourth-order valence-electron chi connectivity index (χ4n) is 2.66. The van der Waals surface area contributed by atoms with E-state index >= 15 is 0 Å². The molecule has 1 aromatic heterocycles. The minimum Gasteiger partial charge on any atom is -0.459 e. The second kappa shape index (κ2) is 7.74. The second-order valence-corrected chi connectivity index (χ2v) is 5.57. The first-order valence-electron chi connectivity index (χ1n) is 7.90. The van der Waals surface area contributed by atoms with Crippen LogP contribution in [0.1, 0.15) is 17.4 Å². The predicted octanol–water partition coefficient (Wildman–Crippen LogP) is 3.68. The highest BCUT2D eigenvalue weighted by Gasteiger charge is 2.17. The van der Waals surface area contributed by atoms with E-state index in [4.69, 9.17) is 4.42 Å². The van der Waals surface area contributed by atoms with E-state index in [0.29, 0.717) is 23.6 Å². The summed E-state index contributed by atoms with van der Waals surface area (Å²) in [7, 11) is 0. The van der Waals surface area contributed by atoms with Crippen LogP contribution >= 0.6 is 0 Å². The van der Waals surface area contributed by atoms with Crippen LogP contribution in [0.2, 0.25) is 0 Å². The van der Waals surface area contributed by atoms with Crippen molar-refractivity contribution >= 4 is 5.69 Å². The van der Waals surface area contributed by atoms with Crippen molar-refractivity contribution in [3.63, 3.8) is 0 Å². The lowest BCUT2D eigenvalue weighted by Crippen LogP contribution is -2.23. The van der Waals surface area contributed by atoms with Crippen LogP contribution in [0, 0.1) is 10.1 Å². The number of nitrogens with zero attached hydrogens (tertiary/aromatic N) is 1. The molecule has 1 heterocycles. The van der Waals surface area contributed by atoms with Crippen molar-refractivity contribution in [2.45, 2.75) is 12.6 Å². The summed E-state index contributed by atoms with van der Waals surface area (Å²) in [5.41, 5.74) is 1.44. The Hall–Kier alpha value is -2.96. The van der Waals surface area contributed by atoms with E-state index in [9.17, 15) is 15.2 Å². The number of para-hydroxylation sites is 1. The van der Waals surface area contributed by atoms with Gasteiger partial charge in [0.15, 0.2) is 0 Å². The van der Waals surface area contributed by atoms with Gasteiger partial charge in [-0.3, -0.25) is 10.1 Å². The molecule has 0 aliphatic heterocycles. The molecule has 1 atom stereocenters. The number of nitro groups is 1. The minimum atomic E-state index is -0.424. The molecule has 0 radical (unpaired) electrons. The zero-order valence-electron chi connectivity index (χ0n) is 13.5. The molecule has 0 saturated carbocycles. The van der Waals surface area contributed by atoms with Crippen LogP contribution in [0.25, 0.3) is 11.3 Å². The molecule has 128 valence electrons. The van der Waals surface area contributed by atoms with E-state index < -0.39 is 4.92 Å². The SMILES string of the molecule is O=[N+]([O-])c1ccccc1-c1ccc(CNC(CO)c2ccccc2)o1. The largest absolute Gasteiger partial charge is 0.459 e. The number of hydrogen-bond acceptors (Lipinski definition) is 5. The topological polar surface area (TPSA) is 88.5 Å². The molecule has 0 fully saturated rings. The van der Waals surface area contributed by atoms with Crippen molar-refractivity contribution in [2.24, 2.45) is 0 Å². The third kappa shape index (κ3) is 3.93. The van der Waals surface area contributed by atoms with Gasteiger partial charge in [-0.2, -0.15) is 0 Å². The molecule has 3 rings (SSSR count). The van der Waals surface area contributed by atoms with Gasteiger partial charge in [0, 0.05) is 6.07 Å². The molecule has 6 heteroatoms. The number of aliphatic hydroxyl groups excluding tert-OH is 1. The Kier molecular flexibility index (Phi) is 5.23. The number of nitrogens with one attached hydrogen (secondary N) is 1. The highest BCUT2D eigenvalue weighted by Crippen LogP contribution is 2.30. The summed E-state index contributed by atoms with van der Waals surface area (Å²) in [6, 6.07) is 19.4. The number of nitro benzene ring substituents is 1. The lowest BCUT2D eigenvalue weighted by atomic mass is 10.1. The third-order valence-electron chi connectivity index (χ3n) is 3.94. The normalized spacial score (nSPS) is 12.0. The van der Waals surface area contributed by atoms with Gasteiger partial charge in [0.2, 0.25) is 0 Å². The summed E-state index contributed by atoms with van der Waals surface area (Å²) in [4.78, 5) is 10.7. The average molecular weight is 338 g/mol. The van der Waals surface area contributed by atoms with E-state index in [0.717, 1.165) is 5.56 Å². The Morgan fingerprint density at radius 3 is 2.48 bits per heavy atom. The number of rotatable bonds is 7. The summed E-state index contributed by atoms with van der Waals surface area (Å²) in [6.45, 7) is 0.364. The molecule has 25 heavy (non-hydrogen) atoms. The van der Waals surface area contributed by atoms with Gasteiger partial charge in [-0.05, 0) is 23.8 Å². The molecule has 2 aromatic carbocycles. The van der Waals surface area contributed by atoms with Gasteiger partial charge in [0.1, 0.15) is 11.5 Å². The van der Waals surface area contributed by atoms with Gasteiger partial charge < -0.3 is 14.8 Å². The van der Waals surface area contributed by atoms with E-state index in [1.54, 1.807) is 30.3 Å². The Morgan fingerprint density at radius 1 is 1.04 bits per heavy atom. The third-order valence-corrected chi connectivity index (χ3v) is 3.94. The molecule has 0 amide bonds. The zero-order chi connectivity index (χ0) is 17.6. The molecule has 0 aliphatic carbocycles. The Bertz CT molecular complexity index is 845. The summed E-state index contributed by atoms with van der Waals surface area (Å²) < 4.78 is 5.74. The van der Waals surface area contributed by atoms with Crippen molar-refractivity contribution in [3.05, 3.63) is 88.2 Å². The van der Waals surface area contributed by atoms with Crippen LogP contribution in [-0.2, 0) is 6.54 Å². The predicted molar refractivity (Wildman–Crippen MR) is 93.9 cm³/mol. The standard InChI is InChI=1S/C19H18N2O4/c22-13-17(14-6-2-1-3-7-14)20-12-15-10-11-19(25-15)16-8-4-5-9-18(16)21(23)24/h1-11,17,20,22H,12-13H2. The highest BCUT2D eigenvalue weighted by atomic mass is 16.6. The first-order valence-corrected chi connectivity index (χ1v) is 7.90. The Balaban J connectivity index is 1.73. The van der Waals surface area contributed by atoms with Gasteiger partial charge in [-0.1, -0.05) is 42.5 Å². The lowest BCUT2D eigenvalue weighted by Gasteiger charge is -2.15. The van der Waals surface area contributed by atoms with Crippen molar-refractivity contribution in [1.82, 2.24) is 5.32 Å². The van der Waals surface area contributed by atoms with Gasteiger partial charge in [0.05, 0.1) is 29.7 Å². The summed E-state index contributed by atoms with van der Waals surface area (Å²) in [6.07, 6.45) is 0. The maximum absolute atomic E-state index is 11.1. The summed E-state index contributed by atoms with van der Waals surface area (Å²) >= 11 is 0. The van der Waals surface area contributed by atoms with E-state index in [-0.39, 0.29) is 18.3 Å². The minimum absolute atomic E-state index is 0.00822. The molecule has 0 spiro atoms. The van der Waals surface area contributed by atoms with Crippen LogP contribution in [0.5, 0.6) is 0 Å². The van der Waals surface area contributed by atoms with Gasteiger partial charge >= 0.3 is 0 Å². The number of aliphatic hydroxyl groups is 1. The first-order chi connectivity index (χ1) is 12.2. The van der Waals surface area contributed by atoms with Crippen LogP contribution in [0.3, 0.4) is 0 Å². The van der Waals surface area contributed by atoms with Gasteiger partial charge in [-0.15, -0.1) is 0 Å². The average Bonchev–Trinajstić information content (AvgIpc) is 3.12. The van der Waals surface area contributed by atoms with Crippen molar-refractivity contribution in [1.29, 1.82) is 0 Å². The smallest absolute Gasteiger partial charge is 0.280 e. The summed E-state index contributed by atoms with van der Waals surface area (Å²) in [5.74, 6) is 1.09. The Morgan fingerprint density at radius 2 is 1.76 bits per heavy atom. The Labute approximate surface area is 144 Å². The lowest BCUT2D eigenvalue weighted by molar-refractivity contribution is -0.384. The number of benzene rings is 2. The quantitative estimate of drug-likeness (QED) is 0.507. The molecular weight excluding hydrogens is 320 g/mol. The fraction of sp³-hybridized carbons (Fsp3) is 0.158. The van der Waals surface area contributed by atoms with Crippen LogP contribution < -0.4 is 5.32 Å². The number of hydrogen-bond donors (Lipinski definition) is 2. The highest BCUT2D eigenvalue weighted by molar-refractivity contribution is 5.69. The van der Waals surface area contributed by atoms with Crippen molar-refractivity contribution in [2.75, 3.05) is 6.61 Å². The molecule has 3 aromatic rings. The zero-order valence-corrected chi connectivity index (χ0v) is 13.5. The molecule has 0 bridgehead atoms. The van der Waals surface area contributed by atoms with Crippen LogP contribution in [0.15, 0.2) is 71.1 Å². The number of furan rings is 1. The van der Waals surface area contributed by atoms with Crippen molar-refractivity contribution < 1.29 is 14.4 Å². The van der Waals surface area contributed by atoms with Gasteiger partial charge in [-0.25, -0.2) is 0 Å². The van der Waals surface area contributed by atoms with Crippen molar-refractivity contribution in [3.8, 4) is 11.3 Å². The molecule has 0 saturated heterocycles. The maximum Gasteiger partial charge on any atom is 0.280 e. The van der Waals surface area contributed by atoms with Gasteiger partial charge in [0.25, 0.3) is 5.69 Å².